The monoisotopic (exact) mass is 254 g/mol. The van der Waals surface area contributed by atoms with Crippen LogP contribution in [0.15, 0.2) is 35.7 Å². The molecule has 0 unspecified atom stereocenters. The highest BCUT2D eigenvalue weighted by atomic mass is 32.1. The number of benzene rings is 1. The molecule has 0 fully saturated rings. The van der Waals surface area contributed by atoms with Crippen LogP contribution >= 0.6 is 11.3 Å². The zero-order valence-electron chi connectivity index (χ0n) is 10.0. The molecule has 0 amide bonds. The number of hydrogen-bond acceptors (Lipinski definition) is 3. The second-order valence-electron chi connectivity index (χ2n) is 4.67. The van der Waals surface area contributed by atoms with Crippen molar-refractivity contribution in [3.8, 4) is 6.07 Å². The van der Waals surface area contributed by atoms with Crippen molar-refractivity contribution in [3.63, 3.8) is 0 Å². The lowest BCUT2D eigenvalue weighted by Crippen LogP contribution is -2.28. The fourth-order valence-corrected chi connectivity index (χ4v) is 3.24. The summed E-state index contributed by atoms with van der Waals surface area (Å²) in [7, 11) is 0. The van der Waals surface area contributed by atoms with Gasteiger partial charge in [-0.05, 0) is 30.0 Å². The fourth-order valence-electron chi connectivity index (χ4n) is 2.48. The molecule has 1 aliphatic rings. The van der Waals surface area contributed by atoms with Gasteiger partial charge in [0.15, 0.2) is 0 Å². The van der Waals surface area contributed by atoms with Gasteiger partial charge in [0.2, 0.25) is 0 Å². The second kappa shape index (κ2) is 4.93. The molecule has 0 saturated heterocycles. The van der Waals surface area contributed by atoms with Crippen molar-refractivity contribution in [2.75, 3.05) is 0 Å². The highest BCUT2D eigenvalue weighted by Gasteiger charge is 2.20. The van der Waals surface area contributed by atoms with Crippen LogP contribution in [0.4, 0.5) is 0 Å². The van der Waals surface area contributed by atoms with Gasteiger partial charge < -0.3 is 5.32 Å². The standard InChI is InChI=1S/C15H14N2S/c16-8-11-5-15(18-10-11)9-17-14-6-12-3-1-2-4-13(12)7-14/h1-5,10,14,17H,6-7,9H2. The summed E-state index contributed by atoms with van der Waals surface area (Å²) in [5.41, 5.74) is 3.71. The summed E-state index contributed by atoms with van der Waals surface area (Å²) in [4.78, 5) is 1.24. The van der Waals surface area contributed by atoms with E-state index in [1.807, 2.05) is 11.4 Å². The molecule has 18 heavy (non-hydrogen) atoms. The van der Waals surface area contributed by atoms with Gasteiger partial charge in [-0.25, -0.2) is 0 Å². The molecule has 2 nitrogen and oxygen atoms in total. The molecule has 0 saturated carbocycles. The van der Waals surface area contributed by atoms with E-state index in [1.54, 1.807) is 11.3 Å². The lowest BCUT2D eigenvalue weighted by molar-refractivity contribution is 0.536. The molecule has 1 aliphatic carbocycles. The molecule has 3 heteroatoms. The number of thiophene rings is 1. The summed E-state index contributed by atoms with van der Waals surface area (Å²) in [6.07, 6.45) is 2.24. The van der Waals surface area contributed by atoms with Gasteiger partial charge in [-0.15, -0.1) is 11.3 Å². The highest BCUT2D eigenvalue weighted by molar-refractivity contribution is 7.10. The van der Waals surface area contributed by atoms with E-state index in [4.69, 9.17) is 5.26 Å². The first-order valence-electron chi connectivity index (χ1n) is 6.13. The predicted molar refractivity (Wildman–Crippen MR) is 73.5 cm³/mol. The maximum Gasteiger partial charge on any atom is 0.100 e. The summed E-state index contributed by atoms with van der Waals surface area (Å²) in [5, 5.41) is 14.3. The van der Waals surface area contributed by atoms with Crippen LogP contribution in [0.25, 0.3) is 0 Å². The second-order valence-corrected chi connectivity index (χ2v) is 5.66. The number of nitrogens with zero attached hydrogens (tertiary/aromatic N) is 1. The first kappa shape index (κ1) is 11.5. The minimum atomic E-state index is 0.537. The molecule has 1 N–H and O–H groups in total. The summed E-state index contributed by atoms with van der Waals surface area (Å²) in [6, 6.07) is 13.3. The van der Waals surface area contributed by atoms with Crippen LogP contribution in [-0.4, -0.2) is 6.04 Å². The normalized spacial score (nSPS) is 14.4. The van der Waals surface area contributed by atoms with Gasteiger partial charge in [0.1, 0.15) is 6.07 Å². The third-order valence-corrected chi connectivity index (χ3v) is 4.34. The van der Waals surface area contributed by atoms with Crippen molar-refractivity contribution in [2.24, 2.45) is 0 Å². The number of fused-ring (bicyclic) bond motifs is 1. The van der Waals surface area contributed by atoms with Crippen LogP contribution in [0.2, 0.25) is 0 Å². The maximum absolute atomic E-state index is 8.79. The zero-order valence-corrected chi connectivity index (χ0v) is 10.8. The Labute approximate surface area is 111 Å². The Hall–Kier alpha value is -1.63. The molecule has 3 rings (SSSR count). The number of rotatable bonds is 3. The Balaban J connectivity index is 1.59. The molecular formula is C15H14N2S. The summed E-state index contributed by atoms with van der Waals surface area (Å²) >= 11 is 1.66. The van der Waals surface area contributed by atoms with Crippen molar-refractivity contribution in [2.45, 2.75) is 25.4 Å². The van der Waals surface area contributed by atoms with Gasteiger partial charge in [-0.1, -0.05) is 24.3 Å². The van der Waals surface area contributed by atoms with Crippen molar-refractivity contribution in [1.29, 1.82) is 5.26 Å². The van der Waals surface area contributed by atoms with Crippen LogP contribution in [0.3, 0.4) is 0 Å². The fraction of sp³-hybridized carbons (Fsp3) is 0.267. The van der Waals surface area contributed by atoms with E-state index in [2.05, 4.69) is 35.7 Å². The van der Waals surface area contributed by atoms with Crippen LogP contribution < -0.4 is 5.32 Å². The largest absolute Gasteiger partial charge is 0.308 e. The lowest BCUT2D eigenvalue weighted by atomic mass is 10.1. The van der Waals surface area contributed by atoms with Gasteiger partial charge in [-0.2, -0.15) is 5.26 Å². The smallest absolute Gasteiger partial charge is 0.100 e. The number of nitrogens with one attached hydrogen (secondary N) is 1. The molecule has 2 aromatic rings. The quantitative estimate of drug-likeness (QED) is 0.914. The Morgan fingerprint density at radius 3 is 2.61 bits per heavy atom. The van der Waals surface area contributed by atoms with Crippen LogP contribution in [0.1, 0.15) is 21.6 Å². The Bertz CT molecular complexity index is 570. The average Bonchev–Trinajstić information content (AvgIpc) is 3.02. The molecule has 0 atom stereocenters. The van der Waals surface area contributed by atoms with E-state index in [9.17, 15) is 0 Å². The summed E-state index contributed by atoms with van der Waals surface area (Å²) in [6.45, 7) is 0.866. The van der Waals surface area contributed by atoms with Crippen molar-refractivity contribution in [1.82, 2.24) is 5.32 Å². The van der Waals surface area contributed by atoms with Gasteiger partial charge in [0, 0.05) is 22.8 Å². The first-order chi connectivity index (χ1) is 8.85. The molecule has 90 valence electrons. The molecule has 1 heterocycles. The molecule has 0 bridgehead atoms. The minimum Gasteiger partial charge on any atom is -0.308 e. The van der Waals surface area contributed by atoms with Crippen molar-refractivity contribution < 1.29 is 0 Å². The molecular weight excluding hydrogens is 240 g/mol. The van der Waals surface area contributed by atoms with E-state index in [1.165, 1.54) is 16.0 Å². The molecule has 0 radical (unpaired) electrons. The van der Waals surface area contributed by atoms with E-state index in [-0.39, 0.29) is 0 Å². The topological polar surface area (TPSA) is 35.8 Å². The van der Waals surface area contributed by atoms with Gasteiger partial charge in [-0.3, -0.25) is 0 Å². The van der Waals surface area contributed by atoms with Gasteiger partial charge in [0.25, 0.3) is 0 Å². The van der Waals surface area contributed by atoms with E-state index < -0.39 is 0 Å². The van der Waals surface area contributed by atoms with Crippen molar-refractivity contribution >= 4 is 11.3 Å². The van der Waals surface area contributed by atoms with E-state index in [0.717, 1.165) is 24.9 Å². The molecule has 0 spiro atoms. The molecule has 0 aliphatic heterocycles. The van der Waals surface area contributed by atoms with Gasteiger partial charge in [0.05, 0.1) is 5.56 Å². The van der Waals surface area contributed by atoms with Gasteiger partial charge >= 0.3 is 0 Å². The van der Waals surface area contributed by atoms with Crippen LogP contribution in [-0.2, 0) is 19.4 Å². The third-order valence-electron chi connectivity index (χ3n) is 3.40. The van der Waals surface area contributed by atoms with E-state index >= 15 is 0 Å². The Morgan fingerprint density at radius 1 is 1.28 bits per heavy atom. The zero-order chi connectivity index (χ0) is 12.4. The minimum absolute atomic E-state index is 0.537. The third kappa shape index (κ3) is 2.31. The SMILES string of the molecule is N#Cc1csc(CNC2Cc3ccccc3C2)c1. The molecule has 1 aromatic heterocycles. The average molecular weight is 254 g/mol. The Kier molecular flexibility index (Phi) is 3.14. The summed E-state index contributed by atoms with van der Waals surface area (Å²) < 4.78 is 0. The number of hydrogen-bond donors (Lipinski definition) is 1. The maximum atomic E-state index is 8.79. The molecule has 1 aromatic carbocycles. The highest BCUT2D eigenvalue weighted by Crippen LogP contribution is 2.22. The van der Waals surface area contributed by atoms with Crippen LogP contribution in [0, 0.1) is 11.3 Å². The summed E-state index contributed by atoms with van der Waals surface area (Å²) in [5.74, 6) is 0. The lowest BCUT2D eigenvalue weighted by Gasteiger charge is -2.10. The first-order valence-corrected chi connectivity index (χ1v) is 7.01. The Morgan fingerprint density at radius 2 is 2.00 bits per heavy atom. The predicted octanol–water partition coefficient (Wildman–Crippen LogP) is 2.88. The van der Waals surface area contributed by atoms with Crippen molar-refractivity contribution in [3.05, 3.63) is 57.3 Å². The van der Waals surface area contributed by atoms with Crippen LogP contribution in [0.5, 0.6) is 0 Å². The number of nitriles is 1. The van der Waals surface area contributed by atoms with E-state index in [0.29, 0.717) is 6.04 Å².